The number of hydrogen-bond donors (Lipinski definition) is 6. The molecule has 9 nitrogen and oxygen atoms in total. The van der Waals surface area contributed by atoms with Crippen molar-refractivity contribution >= 4 is 29.5 Å². The minimum Gasteiger partial charge on any atom is -0.508 e. The largest absolute Gasteiger partial charge is 0.508 e. The number of thioether (sulfide) groups is 1. The molecule has 0 spiro atoms. The van der Waals surface area contributed by atoms with E-state index in [4.69, 9.17) is 5.73 Å². The van der Waals surface area contributed by atoms with E-state index in [1.54, 1.807) is 12.1 Å². The Morgan fingerprint density at radius 1 is 1.14 bits per heavy atom. The summed E-state index contributed by atoms with van der Waals surface area (Å²) in [5, 5.41) is 33.1. The molecule has 0 unspecified atom stereocenters. The number of nitrogens with one attached hydrogen (secondary N) is 2. The molecule has 0 aromatic heterocycles. The molecule has 0 aliphatic rings. The fourth-order valence-corrected chi connectivity index (χ4v) is 2.87. The quantitative estimate of drug-likeness (QED) is 0.281. The molecule has 7 N–H and O–H groups in total. The zero-order valence-corrected chi connectivity index (χ0v) is 16.6. The monoisotopic (exact) mass is 413 g/mol. The lowest BCUT2D eigenvalue weighted by Crippen LogP contribution is -2.58. The van der Waals surface area contributed by atoms with Crippen molar-refractivity contribution in [2.45, 2.75) is 44.0 Å². The minimum atomic E-state index is -1.34. The fraction of sp³-hybridized carbons (Fsp3) is 0.500. The summed E-state index contributed by atoms with van der Waals surface area (Å²) in [7, 11) is 0. The smallest absolute Gasteiger partial charge is 0.326 e. The molecule has 4 atom stereocenters. The highest BCUT2D eigenvalue weighted by Crippen LogP contribution is 2.11. The van der Waals surface area contributed by atoms with Crippen LogP contribution in [0.5, 0.6) is 5.75 Å². The summed E-state index contributed by atoms with van der Waals surface area (Å²) in [6.07, 6.45) is 0.934. The van der Waals surface area contributed by atoms with Crippen molar-refractivity contribution in [3.05, 3.63) is 29.8 Å². The molecule has 2 amide bonds. The van der Waals surface area contributed by atoms with Crippen LogP contribution in [-0.2, 0) is 20.8 Å². The third-order valence-corrected chi connectivity index (χ3v) is 4.66. The number of hydrogen-bond acceptors (Lipinski definition) is 7. The van der Waals surface area contributed by atoms with Gasteiger partial charge >= 0.3 is 5.97 Å². The molecule has 0 heterocycles. The number of phenols is 1. The van der Waals surface area contributed by atoms with Crippen LogP contribution in [0.2, 0.25) is 0 Å². The standard InChI is InChI=1S/C18H27N3O6S/c1-10(22)15(17(25)20-14(18(26)27)7-8-28-2)21-16(24)13(19)9-11-3-5-12(23)6-4-11/h3-6,10,13-15,22-23H,7-9,19H2,1-2H3,(H,20,25)(H,21,24)(H,26,27)/t10-,13+,14+,15+/m1/s1. The van der Waals surface area contributed by atoms with Gasteiger partial charge in [-0.1, -0.05) is 12.1 Å². The van der Waals surface area contributed by atoms with E-state index in [-0.39, 0.29) is 18.6 Å². The highest BCUT2D eigenvalue weighted by atomic mass is 32.2. The highest BCUT2D eigenvalue weighted by molar-refractivity contribution is 7.98. The number of carboxylic acids is 1. The summed E-state index contributed by atoms with van der Waals surface area (Å²) in [4.78, 5) is 36.0. The van der Waals surface area contributed by atoms with Crippen LogP contribution in [0, 0.1) is 0 Å². The van der Waals surface area contributed by atoms with Gasteiger partial charge in [-0.05, 0) is 49.5 Å². The van der Waals surface area contributed by atoms with Gasteiger partial charge in [0.25, 0.3) is 0 Å². The molecule has 28 heavy (non-hydrogen) atoms. The van der Waals surface area contributed by atoms with Crippen LogP contribution < -0.4 is 16.4 Å². The van der Waals surface area contributed by atoms with Gasteiger partial charge in [0.15, 0.2) is 0 Å². The lowest BCUT2D eigenvalue weighted by atomic mass is 10.0. The molecule has 1 aromatic carbocycles. The van der Waals surface area contributed by atoms with Gasteiger partial charge in [0.2, 0.25) is 11.8 Å². The fourth-order valence-electron chi connectivity index (χ4n) is 2.40. The number of aliphatic hydroxyl groups is 1. The molecule has 10 heteroatoms. The maximum absolute atomic E-state index is 12.4. The Kier molecular flexibility index (Phi) is 9.77. The van der Waals surface area contributed by atoms with Crippen LogP contribution in [0.15, 0.2) is 24.3 Å². The van der Waals surface area contributed by atoms with Crippen molar-refractivity contribution in [2.24, 2.45) is 5.73 Å². The molecule has 0 aliphatic heterocycles. The van der Waals surface area contributed by atoms with Gasteiger partial charge < -0.3 is 31.7 Å². The Bertz CT molecular complexity index is 668. The van der Waals surface area contributed by atoms with Gasteiger partial charge in [0, 0.05) is 0 Å². The number of nitrogens with two attached hydrogens (primary N) is 1. The Balaban J connectivity index is 2.73. The molecule has 0 bridgehead atoms. The summed E-state index contributed by atoms with van der Waals surface area (Å²) in [6, 6.07) is 2.71. The number of amides is 2. The highest BCUT2D eigenvalue weighted by Gasteiger charge is 2.30. The van der Waals surface area contributed by atoms with E-state index in [0.29, 0.717) is 11.3 Å². The van der Waals surface area contributed by atoms with Crippen LogP contribution in [0.25, 0.3) is 0 Å². The van der Waals surface area contributed by atoms with E-state index >= 15 is 0 Å². The van der Waals surface area contributed by atoms with Gasteiger partial charge in [-0.15, -0.1) is 0 Å². The van der Waals surface area contributed by atoms with Crippen LogP contribution in [0.1, 0.15) is 18.9 Å². The number of rotatable bonds is 11. The molecule has 156 valence electrons. The molecule has 0 fully saturated rings. The number of carbonyl (C=O) groups is 3. The van der Waals surface area contributed by atoms with Gasteiger partial charge in [-0.3, -0.25) is 9.59 Å². The zero-order valence-electron chi connectivity index (χ0n) is 15.8. The SMILES string of the molecule is CSCC[C@H](NC(=O)[C@@H](NC(=O)[C@@H](N)Cc1ccc(O)cc1)[C@@H](C)O)C(=O)O. The maximum atomic E-state index is 12.4. The normalized spacial score (nSPS) is 15.1. The van der Waals surface area contributed by atoms with E-state index in [1.165, 1.54) is 30.8 Å². The van der Waals surface area contributed by atoms with Gasteiger partial charge in [-0.25, -0.2) is 4.79 Å². The van der Waals surface area contributed by atoms with E-state index in [0.717, 1.165) is 0 Å². The number of carbonyl (C=O) groups excluding carboxylic acids is 2. The summed E-state index contributed by atoms with van der Waals surface area (Å²) in [5.74, 6) is -2.04. The first kappa shape index (κ1) is 23.7. The Morgan fingerprint density at radius 3 is 2.25 bits per heavy atom. The first-order valence-corrected chi connectivity index (χ1v) is 10.1. The van der Waals surface area contributed by atoms with Gasteiger partial charge in [-0.2, -0.15) is 11.8 Å². The average Bonchev–Trinajstić information content (AvgIpc) is 2.63. The van der Waals surface area contributed by atoms with Crippen LogP contribution >= 0.6 is 11.8 Å². The Morgan fingerprint density at radius 2 is 1.75 bits per heavy atom. The second-order valence-corrected chi connectivity index (χ2v) is 7.37. The average molecular weight is 413 g/mol. The Hall–Kier alpha value is -2.30. The number of carboxylic acid groups (broad SMARTS) is 1. The molecular weight excluding hydrogens is 386 g/mol. The minimum absolute atomic E-state index is 0.0853. The van der Waals surface area contributed by atoms with Crippen molar-refractivity contribution in [3.8, 4) is 5.75 Å². The second-order valence-electron chi connectivity index (χ2n) is 6.38. The zero-order chi connectivity index (χ0) is 21.3. The summed E-state index contributed by atoms with van der Waals surface area (Å²) in [6.45, 7) is 1.31. The van der Waals surface area contributed by atoms with Crippen molar-refractivity contribution in [3.63, 3.8) is 0 Å². The van der Waals surface area contributed by atoms with Crippen molar-refractivity contribution in [1.29, 1.82) is 0 Å². The number of aliphatic carboxylic acids is 1. The summed E-state index contributed by atoms with van der Waals surface area (Å²) >= 11 is 1.44. The van der Waals surface area contributed by atoms with Crippen LogP contribution in [-0.4, -0.2) is 69.3 Å². The predicted molar refractivity (Wildman–Crippen MR) is 106 cm³/mol. The lowest BCUT2D eigenvalue weighted by molar-refractivity contribution is -0.143. The van der Waals surface area contributed by atoms with Crippen LogP contribution in [0.3, 0.4) is 0 Å². The molecule has 0 saturated heterocycles. The van der Waals surface area contributed by atoms with E-state index in [2.05, 4.69) is 10.6 Å². The van der Waals surface area contributed by atoms with Crippen molar-refractivity contribution < 1.29 is 29.7 Å². The van der Waals surface area contributed by atoms with E-state index in [1.807, 2.05) is 6.26 Å². The molecule has 1 rings (SSSR count). The maximum Gasteiger partial charge on any atom is 0.326 e. The third-order valence-electron chi connectivity index (χ3n) is 4.02. The molecule has 0 saturated carbocycles. The van der Waals surface area contributed by atoms with Gasteiger partial charge in [0.1, 0.15) is 17.8 Å². The van der Waals surface area contributed by atoms with Crippen LogP contribution in [0.4, 0.5) is 0 Å². The number of benzene rings is 1. The number of aromatic hydroxyl groups is 1. The molecule has 1 aromatic rings. The molecule has 0 radical (unpaired) electrons. The number of aliphatic hydroxyl groups excluding tert-OH is 1. The third kappa shape index (κ3) is 7.75. The predicted octanol–water partition coefficient (Wildman–Crippen LogP) is -0.550. The topological polar surface area (TPSA) is 162 Å². The summed E-state index contributed by atoms with van der Waals surface area (Å²) in [5.41, 5.74) is 6.58. The molecule has 0 aliphatic carbocycles. The summed E-state index contributed by atoms with van der Waals surface area (Å²) < 4.78 is 0. The van der Waals surface area contributed by atoms with Crippen molar-refractivity contribution in [2.75, 3.05) is 12.0 Å². The first-order chi connectivity index (χ1) is 13.1. The Labute approximate surface area is 167 Å². The lowest BCUT2D eigenvalue weighted by Gasteiger charge is -2.24. The molecular formula is C18H27N3O6S. The number of phenolic OH excluding ortho intramolecular Hbond substituents is 1. The van der Waals surface area contributed by atoms with Crippen molar-refractivity contribution in [1.82, 2.24) is 10.6 Å². The van der Waals surface area contributed by atoms with Gasteiger partial charge in [0.05, 0.1) is 12.1 Å². The first-order valence-electron chi connectivity index (χ1n) is 8.69. The van der Waals surface area contributed by atoms with E-state index in [9.17, 15) is 29.7 Å². The second kappa shape index (κ2) is 11.5. The van der Waals surface area contributed by atoms with E-state index < -0.39 is 42.0 Å².